The zero-order valence-corrected chi connectivity index (χ0v) is 18.1. The number of anilines is 3. The molecule has 11 heteroatoms. The third kappa shape index (κ3) is 4.37. The van der Waals surface area contributed by atoms with Crippen molar-refractivity contribution >= 4 is 51.3 Å². The Hall–Kier alpha value is -4.31. The van der Waals surface area contributed by atoms with Gasteiger partial charge in [-0.15, -0.1) is 21.8 Å². The smallest absolute Gasteiger partial charge is 0.239 e. The third-order valence-corrected chi connectivity index (χ3v) is 5.10. The first-order valence-corrected chi connectivity index (χ1v) is 10.4. The average Bonchev–Trinajstić information content (AvgIpc) is 3.29. The van der Waals surface area contributed by atoms with E-state index in [0.29, 0.717) is 28.8 Å². The first kappa shape index (κ1) is 20.6. The van der Waals surface area contributed by atoms with Gasteiger partial charge in [0.05, 0.1) is 5.52 Å². The van der Waals surface area contributed by atoms with Gasteiger partial charge in [0.2, 0.25) is 11.8 Å². The number of fused-ring (bicyclic) bond motifs is 2. The molecule has 33 heavy (non-hydrogen) atoms. The molecule has 0 saturated heterocycles. The minimum Gasteiger partial charge on any atom is -0.439 e. The van der Waals surface area contributed by atoms with Crippen LogP contribution in [0.2, 0.25) is 0 Å². The number of nitrogens with zero attached hydrogens (tertiary/aromatic N) is 6. The fraction of sp³-hybridized carbons (Fsp3) is 0.0909. The van der Waals surface area contributed by atoms with Gasteiger partial charge in [0, 0.05) is 22.8 Å². The van der Waals surface area contributed by atoms with Gasteiger partial charge in [0.1, 0.15) is 36.4 Å². The summed E-state index contributed by atoms with van der Waals surface area (Å²) in [5.74, 6) is 1.29. The molecule has 0 aliphatic rings. The van der Waals surface area contributed by atoms with Crippen molar-refractivity contribution in [2.75, 3.05) is 16.5 Å². The Morgan fingerprint density at radius 2 is 1.94 bits per heavy atom. The van der Waals surface area contributed by atoms with E-state index in [1.165, 1.54) is 6.33 Å². The summed E-state index contributed by atoms with van der Waals surface area (Å²) in [5, 5.41) is 14.6. The number of aryl methyl sites for hydroxylation is 1. The van der Waals surface area contributed by atoms with E-state index < -0.39 is 0 Å². The normalized spacial score (nSPS) is 11.0. The Morgan fingerprint density at radius 3 is 2.79 bits per heavy atom. The Balaban J connectivity index is 1.39. The highest BCUT2D eigenvalue weighted by Gasteiger charge is 2.10. The van der Waals surface area contributed by atoms with Gasteiger partial charge in [-0.25, -0.2) is 15.0 Å². The lowest BCUT2D eigenvalue weighted by Crippen LogP contribution is -2.12. The Labute approximate surface area is 192 Å². The van der Waals surface area contributed by atoms with Gasteiger partial charge in [-0.05, 0) is 48.9 Å². The maximum atomic E-state index is 11.6. The number of ether oxygens (including phenoxy) is 1. The molecule has 0 unspecified atom stereocenters. The van der Waals surface area contributed by atoms with Crippen molar-refractivity contribution in [1.82, 2.24) is 29.5 Å². The quantitative estimate of drug-likeness (QED) is 0.363. The molecule has 10 nitrogen and oxygen atoms in total. The second kappa shape index (κ2) is 8.67. The first-order valence-electron chi connectivity index (χ1n) is 9.90. The number of halogens is 1. The Bertz CT molecular complexity index is 1490. The first-order chi connectivity index (χ1) is 16.1. The summed E-state index contributed by atoms with van der Waals surface area (Å²) in [7, 11) is 0. The highest BCUT2D eigenvalue weighted by molar-refractivity contribution is 6.29. The maximum Gasteiger partial charge on any atom is 0.239 e. The topological polar surface area (TPSA) is 119 Å². The van der Waals surface area contributed by atoms with Gasteiger partial charge in [-0.1, -0.05) is 0 Å². The maximum absolute atomic E-state index is 11.6. The lowest BCUT2D eigenvalue weighted by Gasteiger charge is -2.13. The van der Waals surface area contributed by atoms with Crippen molar-refractivity contribution < 1.29 is 9.53 Å². The second-order valence-corrected chi connectivity index (χ2v) is 7.43. The summed E-state index contributed by atoms with van der Waals surface area (Å²) in [6.45, 7) is 1.94. The molecular formula is C22H17ClN8O2. The van der Waals surface area contributed by atoms with Crippen LogP contribution >= 0.6 is 11.6 Å². The van der Waals surface area contributed by atoms with Crippen LogP contribution in [0.1, 0.15) is 5.56 Å². The number of benzene rings is 2. The van der Waals surface area contributed by atoms with Crippen LogP contribution in [0.4, 0.5) is 17.2 Å². The van der Waals surface area contributed by atoms with Gasteiger partial charge >= 0.3 is 0 Å². The molecule has 0 aliphatic carbocycles. The predicted molar refractivity (Wildman–Crippen MR) is 124 cm³/mol. The third-order valence-electron chi connectivity index (χ3n) is 4.86. The zero-order chi connectivity index (χ0) is 22.8. The molecule has 0 atom stereocenters. The summed E-state index contributed by atoms with van der Waals surface area (Å²) in [4.78, 5) is 24.6. The Morgan fingerprint density at radius 1 is 1.06 bits per heavy atom. The number of aromatic nitrogens is 6. The van der Waals surface area contributed by atoms with Crippen molar-refractivity contribution in [3.8, 4) is 11.6 Å². The van der Waals surface area contributed by atoms with Crippen LogP contribution in [-0.2, 0) is 4.79 Å². The van der Waals surface area contributed by atoms with Crippen LogP contribution < -0.4 is 15.4 Å². The van der Waals surface area contributed by atoms with Crippen LogP contribution in [-0.4, -0.2) is 41.3 Å². The SMILES string of the molecule is Cc1cc(Nc2ncnc3ccc(NC(=O)CCl)cc23)ccc1Oc1cc2nncn2cn1. The van der Waals surface area contributed by atoms with Crippen LogP contribution in [0.3, 0.4) is 0 Å². The largest absolute Gasteiger partial charge is 0.439 e. The highest BCUT2D eigenvalue weighted by Crippen LogP contribution is 2.30. The van der Waals surface area contributed by atoms with Crippen molar-refractivity contribution in [2.45, 2.75) is 6.92 Å². The van der Waals surface area contributed by atoms with E-state index in [4.69, 9.17) is 16.3 Å². The van der Waals surface area contributed by atoms with Crippen LogP contribution in [0.25, 0.3) is 16.6 Å². The fourth-order valence-electron chi connectivity index (χ4n) is 3.29. The minimum atomic E-state index is -0.286. The van der Waals surface area contributed by atoms with Crippen LogP contribution in [0.15, 0.2) is 61.4 Å². The van der Waals surface area contributed by atoms with Crippen molar-refractivity contribution in [2.24, 2.45) is 0 Å². The number of alkyl halides is 1. The summed E-state index contributed by atoms with van der Waals surface area (Å²) < 4.78 is 7.63. The number of hydrogen-bond acceptors (Lipinski definition) is 8. The summed E-state index contributed by atoms with van der Waals surface area (Å²) >= 11 is 5.59. The van der Waals surface area contributed by atoms with E-state index >= 15 is 0 Å². The van der Waals surface area contributed by atoms with E-state index in [1.54, 1.807) is 35.3 Å². The van der Waals surface area contributed by atoms with E-state index in [1.807, 2.05) is 31.2 Å². The van der Waals surface area contributed by atoms with Gasteiger partial charge in [-0.3, -0.25) is 9.20 Å². The molecule has 0 radical (unpaired) electrons. The van der Waals surface area contributed by atoms with E-state index in [0.717, 1.165) is 22.2 Å². The Kier molecular flexibility index (Phi) is 5.41. The number of amides is 1. The highest BCUT2D eigenvalue weighted by atomic mass is 35.5. The number of hydrogen-bond donors (Lipinski definition) is 2. The van der Waals surface area contributed by atoms with Crippen molar-refractivity contribution in [1.29, 1.82) is 0 Å². The van der Waals surface area contributed by atoms with E-state index in [9.17, 15) is 4.79 Å². The molecule has 1 amide bonds. The molecule has 0 saturated carbocycles. The van der Waals surface area contributed by atoms with Crippen molar-refractivity contribution in [3.05, 3.63) is 67.0 Å². The lowest BCUT2D eigenvalue weighted by atomic mass is 10.1. The van der Waals surface area contributed by atoms with E-state index in [-0.39, 0.29) is 11.8 Å². The summed E-state index contributed by atoms with van der Waals surface area (Å²) in [5.41, 5.74) is 3.71. The van der Waals surface area contributed by atoms with Gasteiger partial charge in [0.15, 0.2) is 5.65 Å². The standard InChI is InChI=1S/C22H17ClN8O2/c1-13-6-14(3-5-18(13)33-21-8-19-30-27-12-31(19)11-26-21)29-22-16-7-15(28-20(32)9-23)2-4-17(16)24-10-25-22/h2-8,10-12H,9H2,1H3,(H,28,32)(H,24,25,29). The molecule has 2 aromatic carbocycles. The van der Waals surface area contributed by atoms with Crippen LogP contribution in [0.5, 0.6) is 11.6 Å². The summed E-state index contributed by atoms with van der Waals surface area (Å²) in [6.07, 6.45) is 4.65. The molecule has 2 N–H and O–H groups in total. The van der Waals surface area contributed by atoms with E-state index in [2.05, 4.69) is 35.8 Å². The molecule has 5 aromatic rings. The van der Waals surface area contributed by atoms with Gasteiger partial charge in [0.25, 0.3) is 0 Å². The number of nitrogens with one attached hydrogen (secondary N) is 2. The lowest BCUT2D eigenvalue weighted by molar-refractivity contribution is -0.113. The number of rotatable bonds is 6. The molecule has 0 fully saturated rings. The molecule has 164 valence electrons. The van der Waals surface area contributed by atoms with Gasteiger partial charge < -0.3 is 15.4 Å². The fourth-order valence-corrected chi connectivity index (χ4v) is 3.35. The number of carbonyl (C=O) groups excluding carboxylic acids is 1. The number of carbonyl (C=O) groups is 1. The second-order valence-electron chi connectivity index (χ2n) is 7.17. The molecular weight excluding hydrogens is 444 g/mol. The average molecular weight is 461 g/mol. The predicted octanol–water partition coefficient (Wildman–Crippen LogP) is 4.09. The van der Waals surface area contributed by atoms with Gasteiger partial charge in [-0.2, -0.15) is 0 Å². The minimum absolute atomic E-state index is 0.121. The zero-order valence-electron chi connectivity index (χ0n) is 17.4. The van der Waals surface area contributed by atoms with Crippen LogP contribution in [0, 0.1) is 6.92 Å². The molecule has 0 bridgehead atoms. The molecule has 0 aliphatic heterocycles. The summed E-state index contributed by atoms with van der Waals surface area (Å²) in [6, 6.07) is 12.8. The molecule has 3 aromatic heterocycles. The molecule has 3 heterocycles. The monoisotopic (exact) mass is 460 g/mol. The van der Waals surface area contributed by atoms with Crippen molar-refractivity contribution in [3.63, 3.8) is 0 Å². The molecule has 0 spiro atoms. The molecule has 5 rings (SSSR count).